The maximum atomic E-state index is 12.5. The van der Waals surface area contributed by atoms with E-state index in [-0.39, 0.29) is 24.2 Å². The molecule has 3 rings (SSSR count). The van der Waals surface area contributed by atoms with Crippen molar-refractivity contribution in [3.8, 4) is 17.1 Å². The molecule has 0 bridgehead atoms. The highest BCUT2D eigenvalue weighted by molar-refractivity contribution is 5.95. The summed E-state index contributed by atoms with van der Waals surface area (Å²) < 4.78 is 10.7. The molecule has 2 amide bonds. The van der Waals surface area contributed by atoms with Crippen LogP contribution in [0.1, 0.15) is 38.6 Å². The van der Waals surface area contributed by atoms with Crippen LogP contribution in [0.4, 0.5) is 11.4 Å². The first-order chi connectivity index (χ1) is 15.4. The molecule has 0 saturated heterocycles. The number of benzene rings is 2. The maximum absolute atomic E-state index is 12.5. The molecule has 3 aromatic rings. The number of anilines is 2. The molecule has 8 heteroatoms. The fraction of sp³-hybridized carbons (Fsp3) is 0.333. The summed E-state index contributed by atoms with van der Waals surface area (Å²) in [6.07, 6.45) is 0.506. The lowest BCUT2D eigenvalue weighted by atomic mass is 10.1. The van der Waals surface area contributed by atoms with Crippen molar-refractivity contribution >= 4 is 23.2 Å². The van der Waals surface area contributed by atoms with Crippen LogP contribution in [-0.2, 0) is 16.0 Å². The Bertz CT molecular complexity index is 1070. The van der Waals surface area contributed by atoms with E-state index in [0.29, 0.717) is 36.1 Å². The van der Waals surface area contributed by atoms with Gasteiger partial charge in [0.2, 0.25) is 23.5 Å². The van der Waals surface area contributed by atoms with Crippen LogP contribution >= 0.6 is 0 Å². The summed E-state index contributed by atoms with van der Waals surface area (Å²) in [5, 5.41) is 9.72. The molecule has 0 aliphatic rings. The van der Waals surface area contributed by atoms with E-state index in [0.717, 1.165) is 16.9 Å². The molecule has 0 aliphatic heterocycles. The highest BCUT2D eigenvalue weighted by Crippen LogP contribution is 2.22. The molecule has 1 aromatic heterocycles. The summed E-state index contributed by atoms with van der Waals surface area (Å²) >= 11 is 0. The minimum Gasteiger partial charge on any atom is -0.494 e. The largest absolute Gasteiger partial charge is 0.494 e. The Morgan fingerprint density at radius 2 is 1.84 bits per heavy atom. The van der Waals surface area contributed by atoms with Crippen molar-refractivity contribution in [2.75, 3.05) is 17.2 Å². The lowest BCUT2D eigenvalue weighted by molar-refractivity contribution is -0.119. The van der Waals surface area contributed by atoms with E-state index < -0.39 is 0 Å². The summed E-state index contributed by atoms with van der Waals surface area (Å²) in [5.41, 5.74) is 3.00. The van der Waals surface area contributed by atoms with Crippen LogP contribution in [0.5, 0.6) is 5.75 Å². The molecule has 0 aliphatic carbocycles. The second-order valence-electron chi connectivity index (χ2n) is 7.69. The molecule has 0 saturated carbocycles. The third kappa shape index (κ3) is 6.16. The molecule has 0 fully saturated rings. The molecular weight excluding hydrogens is 408 g/mol. The molecular formula is C24H28N4O4. The van der Waals surface area contributed by atoms with Gasteiger partial charge in [0.05, 0.1) is 6.61 Å². The van der Waals surface area contributed by atoms with Gasteiger partial charge in [-0.25, -0.2) is 0 Å². The predicted molar refractivity (Wildman–Crippen MR) is 123 cm³/mol. The van der Waals surface area contributed by atoms with E-state index in [2.05, 4.69) is 20.8 Å². The van der Waals surface area contributed by atoms with Gasteiger partial charge in [-0.2, -0.15) is 4.98 Å². The Balaban J connectivity index is 1.57. The van der Waals surface area contributed by atoms with Gasteiger partial charge in [0.1, 0.15) is 5.75 Å². The van der Waals surface area contributed by atoms with Crippen molar-refractivity contribution < 1.29 is 18.8 Å². The Morgan fingerprint density at radius 3 is 2.53 bits per heavy atom. The molecule has 32 heavy (non-hydrogen) atoms. The first-order valence-corrected chi connectivity index (χ1v) is 10.6. The van der Waals surface area contributed by atoms with Crippen LogP contribution in [-0.4, -0.2) is 28.6 Å². The molecule has 0 unspecified atom stereocenters. The van der Waals surface area contributed by atoms with Crippen LogP contribution in [0.3, 0.4) is 0 Å². The van der Waals surface area contributed by atoms with Gasteiger partial charge in [0.25, 0.3) is 0 Å². The van der Waals surface area contributed by atoms with Gasteiger partial charge in [-0.1, -0.05) is 25.1 Å². The number of carbonyl (C=O) groups is 2. The summed E-state index contributed by atoms with van der Waals surface area (Å²) in [6, 6.07) is 12.8. The first-order valence-electron chi connectivity index (χ1n) is 10.6. The Labute approximate surface area is 187 Å². The predicted octanol–water partition coefficient (Wildman–Crippen LogP) is 4.61. The number of hydrogen-bond acceptors (Lipinski definition) is 6. The van der Waals surface area contributed by atoms with Crippen molar-refractivity contribution in [3.63, 3.8) is 0 Å². The van der Waals surface area contributed by atoms with Gasteiger partial charge < -0.3 is 19.9 Å². The number of carbonyl (C=O) groups excluding carboxylic acids is 2. The lowest BCUT2D eigenvalue weighted by Crippen LogP contribution is -2.18. The Morgan fingerprint density at radius 1 is 1.09 bits per heavy atom. The molecule has 0 radical (unpaired) electrons. The van der Waals surface area contributed by atoms with Crippen LogP contribution < -0.4 is 15.4 Å². The number of hydrogen-bond donors (Lipinski definition) is 2. The Kier molecular flexibility index (Phi) is 7.59. The van der Waals surface area contributed by atoms with E-state index in [1.807, 2.05) is 64.1 Å². The number of aryl methyl sites for hydroxylation is 2. The summed E-state index contributed by atoms with van der Waals surface area (Å²) in [6.45, 7) is 8.07. The fourth-order valence-corrected chi connectivity index (χ4v) is 2.89. The average molecular weight is 437 g/mol. The van der Waals surface area contributed by atoms with Crippen molar-refractivity contribution in [1.82, 2.24) is 10.1 Å². The van der Waals surface area contributed by atoms with E-state index in [4.69, 9.17) is 9.26 Å². The average Bonchev–Trinajstić information content (AvgIpc) is 3.24. The second-order valence-corrected chi connectivity index (χ2v) is 7.69. The number of rotatable bonds is 9. The standard InChI is InChI=1S/C24H28N4O4/c1-5-31-19-10-7-17(8-11-19)23-27-22(32-28-23)13-12-21(29)26-20-14-18(9-6-16(20)4)25-24(30)15(2)3/h6-11,14-15H,5,12-13H2,1-4H3,(H,25,30)(H,26,29). The quantitative estimate of drug-likeness (QED) is 0.507. The van der Waals surface area contributed by atoms with Gasteiger partial charge in [-0.15, -0.1) is 0 Å². The lowest BCUT2D eigenvalue weighted by Gasteiger charge is -2.12. The topological polar surface area (TPSA) is 106 Å². The summed E-state index contributed by atoms with van der Waals surface area (Å²) in [5.74, 6) is 1.25. The molecule has 168 valence electrons. The maximum Gasteiger partial charge on any atom is 0.227 e. The number of ether oxygens (including phenoxy) is 1. The molecule has 1 heterocycles. The van der Waals surface area contributed by atoms with Crippen LogP contribution in [0.2, 0.25) is 0 Å². The van der Waals surface area contributed by atoms with Gasteiger partial charge in [-0.05, 0) is 55.8 Å². The molecule has 2 aromatic carbocycles. The SMILES string of the molecule is CCOc1ccc(-c2noc(CCC(=O)Nc3cc(NC(=O)C(C)C)ccc3C)n2)cc1. The van der Waals surface area contributed by atoms with Crippen molar-refractivity contribution in [3.05, 3.63) is 53.9 Å². The third-order valence-corrected chi connectivity index (χ3v) is 4.76. The minimum absolute atomic E-state index is 0.0779. The Hall–Kier alpha value is -3.68. The zero-order valence-electron chi connectivity index (χ0n) is 18.8. The van der Waals surface area contributed by atoms with E-state index >= 15 is 0 Å². The normalized spacial score (nSPS) is 10.8. The third-order valence-electron chi connectivity index (χ3n) is 4.76. The van der Waals surface area contributed by atoms with Crippen LogP contribution in [0.15, 0.2) is 47.0 Å². The van der Waals surface area contributed by atoms with Gasteiger partial charge >= 0.3 is 0 Å². The van der Waals surface area contributed by atoms with Crippen LogP contribution in [0, 0.1) is 12.8 Å². The summed E-state index contributed by atoms with van der Waals surface area (Å²) in [7, 11) is 0. The number of nitrogens with zero attached hydrogens (tertiary/aromatic N) is 2. The zero-order valence-corrected chi connectivity index (χ0v) is 18.8. The number of aromatic nitrogens is 2. The van der Waals surface area contributed by atoms with Crippen molar-refractivity contribution in [2.45, 2.75) is 40.5 Å². The molecule has 8 nitrogen and oxygen atoms in total. The highest BCUT2D eigenvalue weighted by Gasteiger charge is 2.13. The first kappa shape index (κ1) is 23.0. The monoisotopic (exact) mass is 436 g/mol. The van der Waals surface area contributed by atoms with E-state index in [1.165, 1.54) is 0 Å². The highest BCUT2D eigenvalue weighted by atomic mass is 16.5. The second kappa shape index (κ2) is 10.6. The van der Waals surface area contributed by atoms with Gasteiger partial charge in [0.15, 0.2) is 0 Å². The van der Waals surface area contributed by atoms with Gasteiger partial charge in [0, 0.05) is 35.7 Å². The number of nitrogens with one attached hydrogen (secondary N) is 2. The van der Waals surface area contributed by atoms with Gasteiger partial charge in [-0.3, -0.25) is 9.59 Å². The summed E-state index contributed by atoms with van der Waals surface area (Å²) in [4.78, 5) is 28.7. The smallest absolute Gasteiger partial charge is 0.227 e. The van der Waals surface area contributed by atoms with E-state index in [1.54, 1.807) is 6.07 Å². The molecule has 0 spiro atoms. The minimum atomic E-state index is -0.179. The molecule has 0 atom stereocenters. The zero-order chi connectivity index (χ0) is 23.1. The fourth-order valence-electron chi connectivity index (χ4n) is 2.89. The van der Waals surface area contributed by atoms with Crippen molar-refractivity contribution in [2.24, 2.45) is 5.92 Å². The van der Waals surface area contributed by atoms with Crippen molar-refractivity contribution in [1.29, 1.82) is 0 Å². The van der Waals surface area contributed by atoms with Crippen LogP contribution in [0.25, 0.3) is 11.4 Å². The molecule has 2 N–H and O–H groups in total. The number of amides is 2. The van der Waals surface area contributed by atoms with E-state index in [9.17, 15) is 9.59 Å².